The van der Waals surface area contributed by atoms with E-state index in [1.807, 2.05) is 0 Å². The second-order valence-electron chi connectivity index (χ2n) is 11.3. The standard InChI is InChI=1S/C28H36N2O8S3/c1-17-11-12-28(27(6,36)25(35)40-16-38-24(34)26(3,4)5)14-22(33)30(41(28)37)18(2)23-29-19(15-39-23)9-7-8-10-20(31)21(32)13-17/h7-10,13,15,18,21,32,36H,11-12,14,16H2,1-6H3/b9-7-,10-8+,17-13+/t18-,21-,27+,28-,41+/m1/s1. The van der Waals surface area contributed by atoms with Crippen molar-refractivity contribution in [1.82, 2.24) is 9.29 Å². The van der Waals surface area contributed by atoms with Gasteiger partial charge in [0.1, 0.15) is 38.4 Å². The molecule has 41 heavy (non-hydrogen) atoms. The summed E-state index contributed by atoms with van der Waals surface area (Å²) in [6.07, 6.45) is 5.59. The van der Waals surface area contributed by atoms with E-state index in [-0.39, 0.29) is 25.2 Å². The SMILES string of the molecule is C/C1=C\[C@@H](O)C(=O)/C=C/C=C\c2csc(n2)[C@@H](C)N2C(=O)C[C@@]([C@@](C)(O)C(=O)SCOC(=O)C(C)(C)C)(CC1)[S@@]2=O. The number of fused-ring (bicyclic) bond motifs is 4. The van der Waals surface area contributed by atoms with E-state index in [4.69, 9.17) is 4.74 Å². The summed E-state index contributed by atoms with van der Waals surface area (Å²) in [5.74, 6) is -1.95. The normalized spacial score (nSPS) is 30.1. The first kappa shape index (κ1) is 33.1. The molecule has 224 valence electrons. The van der Waals surface area contributed by atoms with Gasteiger partial charge < -0.3 is 14.9 Å². The van der Waals surface area contributed by atoms with E-state index >= 15 is 0 Å². The highest BCUT2D eigenvalue weighted by Crippen LogP contribution is 2.48. The Labute approximate surface area is 250 Å². The molecule has 10 nitrogen and oxygen atoms in total. The molecule has 2 N–H and O–H groups in total. The number of esters is 1. The first-order chi connectivity index (χ1) is 19.0. The number of thiazole rings is 1. The van der Waals surface area contributed by atoms with Gasteiger partial charge in [-0.15, -0.1) is 11.3 Å². The number of amides is 1. The second kappa shape index (κ2) is 12.8. The fourth-order valence-electron chi connectivity index (χ4n) is 4.37. The minimum absolute atomic E-state index is 0.0700. The molecule has 1 aromatic rings. The van der Waals surface area contributed by atoms with Crippen molar-refractivity contribution in [1.29, 1.82) is 0 Å². The number of aromatic nitrogens is 1. The van der Waals surface area contributed by atoms with Crippen molar-refractivity contribution in [3.63, 3.8) is 0 Å². The molecule has 2 aliphatic rings. The Morgan fingerprint density at radius 1 is 1.24 bits per heavy atom. The van der Waals surface area contributed by atoms with Crippen molar-refractivity contribution in [3.05, 3.63) is 46.0 Å². The maximum absolute atomic E-state index is 14.2. The van der Waals surface area contributed by atoms with Gasteiger partial charge in [-0.3, -0.25) is 23.5 Å². The average Bonchev–Trinajstić information content (AvgIpc) is 3.46. The number of rotatable bonds is 4. The van der Waals surface area contributed by atoms with E-state index in [1.165, 1.54) is 36.5 Å². The quantitative estimate of drug-likeness (QED) is 0.289. The molecule has 3 rings (SSSR count). The highest BCUT2D eigenvalue weighted by Gasteiger charge is 2.64. The number of aliphatic hydroxyl groups is 2. The fraction of sp³-hybridized carbons (Fsp3) is 0.536. The van der Waals surface area contributed by atoms with Crippen LogP contribution in [0, 0.1) is 5.41 Å². The van der Waals surface area contributed by atoms with Crippen LogP contribution in [0.3, 0.4) is 0 Å². The molecule has 1 aromatic heterocycles. The van der Waals surface area contributed by atoms with Gasteiger partial charge in [0.05, 0.1) is 23.6 Å². The predicted molar refractivity (Wildman–Crippen MR) is 159 cm³/mol. The van der Waals surface area contributed by atoms with Gasteiger partial charge in [-0.05, 0) is 84.4 Å². The van der Waals surface area contributed by atoms with Crippen LogP contribution in [-0.4, -0.2) is 68.9 Å². The lowest BCUT2D eigenvalue weighted by atomic mass is 9.81. The van der Waals surface area contributed by atoms with Crippen LogP contribution >= 0.6 is 23.1 Å². The van der Waals surface area contributed by atoms with E-state index in [0.717, 1.165) is 4.31 Å². The average molecular weight is 625 g/mol. The molecule has 0 radical (unpaired) electrons. The molecule has 13 heteroatoms. The number of aliphatic hydroxyl groups excluding tert-OH is 1. The Hall–Kier alpha value is -2.45. The van der Waals surface area contributed by atoms with Crippen LogP contribution in [-0.2, 0) is 34.9 Å². The smallest absolute Gasteiger partial charge is 0.312 e. The maximum atomic E-state index is 14.2. The van der Waals surface area contributed by atoms with Gasteiger partial charge in [-0.2, -0.15) is 0 Å². The number of ketones is 1. The zero-order valence-electron chi connectivity index (χ0n) is 23.9. The summed E-state index contributed by atoms with van der Waals surface area (Å²) >= 11 is 1.83. The van der Waals surface area contributed by atoms with E-state index < -0.39 is 61.7 Å². The van der Waals surface area contributed by atoms with Crippen molar-refractivity contribution >= 4 is 62.9 Å². The Morgan fingerprint density at radius 2 is 1.90 bits per heavy atom. The molecule has 1 amide bonds. The number of hydrogen-bond donors (Lipinski definition) is 2. The van der Waals surface area contributed by atoms with E-state index in [1.54, 1.807) is 52.2 Å². The number of ether oxygens (including phenoxy) is 1. The summed E-state index contributed by atoms with van der Waals surface area (Å²) in [7, 11) is -2.18. The molecule has 0 aliphatic carbocycles. The monoisotopic (exact) mass is 624 g/mol. The maximum Gasteiger partial charge on any atom is 0.312 e. The lowest BCUT2D eigenvalue weighted by molar-refractivity contribution is -0.150. The predicted octanol–water partition coefficient (Wildman–Crippen LogP) is 3.64. The molecular formula is C28H36N2O8S3. The van der Waals surface area contributed by atoms with E-state index in [2.05, 4.69) is 4.98 Å². The van der Waals surface area contributed by atoms with Gasteiger partial charge in [-0.1, -0.05) is 17.7 Å². The number of carbonyl (C=O) groups is 4. The highest BCUT2D eigenvalue weighted by molar-refractivity contribution is 8.13. The topological polar surface area (TPSA) is 151 Å². The second-order valence-corrected chi connectivity index (χ2v) is 14.8. The van der Waals surface area contributed by atoms with E-state index in [0.29, 0.717) is 28.0 Å². The molecule has 4 bridgehead atoms. The third-order valence-electron chi connectivity index (χ3n) is 7.02. The van der Waals surface area contributed by atoms with Gasteiger partial charge in [0, 0.05) is 5.38 Å². The minimum atomic E-state index is -2.28. The molecular weight excluding hydrogens is 589 g/mol. The minimum Gasteiger partial charge on any atom is -0.454 e. The Bertz CT molecular complexity index is 1320. The lowest BCUT2D eigenvalue weighted by Gasteiger charge is -2.39. The largest absolute Gasteiger partial charge is 0.454 e. The summed E-state index contributed by atoms with van der Waals surface area (Å²) in [5.41, 5.74) is -1.96. The third-order valence-corrected chi connectivity index (χ3v) is 11.2. The molecule has 2 aliphatic heterocycles. The zero-order valence-corrected chi connectivity index (χ0v) is 26.4. The van der Waals surface area contributed by atoms with Crippen molar-refractivity contribution in [3.8, 4) is 0 Å². The van der Waals surface area contributed by atoms with Crippen molar-refractivity contribution in [2.24, 2.45) is 5.41 Å². The summed E-state index contributed by atoms with van der Waals surface area (Å²) in [6.45, 7) is 9.57. The van der Waals surface area contributed by atoms with E-state index in [9.17, 15) is 33.6 Å². The highest BCUT2D eigenvalue weighted by atomic mass is 32.2. The Balaban J connectivity index is 2.02. The first-order valence-electron chi connectivity index (χ1n) is 13.0. The molecule has 0 unspecified atom stereocenters. The Kier molecular flexibility index (Phi) is 10.3. The van der Waals surface area contributed by atoms with Crippen molar-refractivity contribution in [2.45, 2.75) is 83.3 Å². The number of allylic oxidation sites excluding steroid dienone is 3. The zero-order chi connectivity index (χ0) is 30.8. The summed E-state index contributed by atoms with van der Waals surface area (Å²) in [5, 5.41) is 23.6. The van der Waals surface area contributed by atoms with Gasteiger partial charge in [0.25, 0.3) is 0 Å². The molecule has 1 fully saturated rings. The van der Waals surface area contributed by atoms with Gasteiger partial charge in [-0.25, -0.2) is 9.19 Å². The number of hydrogen-bond acceptors (Lipinski definition) is 11. The van der Waals surface area contributed by atoms with Crippen molar-refractivity contribution in [2.75, 3.05) is 5.94 Å². The van der Waals surface area contributed by atoms with Crippen LogP contribution in [0.4, 0.5) is 0 Å². The van der Waals surface area contributed by atoms with Gasteiger partial charge in [0.15, 0.2) is 5.78 Å². The third kappa shape index (κ3) is 7.14. The summed E-state index contributed by atoms with van der Waals surface area (Å²) in [4.78, 5) is 55.9. The van der Waals surface area contributed by atoms with Crippen LogP contribution in [0.15, 0.2) is 35.3 Å². The number of thioether (sulfide) groups is 1. The van der Waals surface area contributed by atoms with Crippen LogP contribution in [0.1, 0.15) is 77.5 Å². The van der Waals surface area contributed by atoms with Crippen LogP contribution in [0.5, 0.6) is 0 Å². The molecule has 0 spiro atoms. The first-order valence-corrected chi connectivity index (χ1v) is 16.0. The van der Waals surface area contributed by atoms with Crippen LogP contribution in [0.25, 0.3) is 6.08 Å². The van der Waals surface area contributed by atoms with Gasteiger partial charge >= 0.3 is 5.97 Å². The lowest BCUT2D eigenvalue weighted by Crippen LogP contribution is -2.58. The number of nitrogens with zero attached hydrogens (tertiary/aromatic N) is 2. The van der Waals surface area contributed by atoms with Crippen LogP contribution < -0.4 is 0 Å². The fourth-order valence-corrected chi connectivity index (χ4v) is 8.06. The van der Waals surface area contributed by atoms with Crippen LogP contribution in [0.2, 0.25) is 0 Å². The molecule has 0 saturated carbocycles. The molecule has 3 heterocycles. The molecule has 5 atom stereocenters. The molecule has 1 saturated heterocycles. The van der Waals surface area contributed by atoms with Gasteiger partial charge in [0.2, 0.25) is 11.0 Å². The number of carbonyl (C=O) groups excluding carboxylic acids is 4. The Morgan fingerprint density at radius 3 is 2.56 bits per heavy atom. The summed E-state index contributed by atoms with van der Waals surface area (Å²) in [6, 6.07) is -0.713. The summed E-state index contributed by atoms with van der Waals surface area (Å²) < 4.78 is 18.8. The molecule has 0 aromatic carbocycles. The van der Waals surface area contributed by atoms with Crippen molar-refractivity contribution < 1.29 is 38.3 Å².